The zero-order chi connectivity index (χ0) is 12.3. The van der Waals surface area contributed by atoms with E-state index in [9.17, 15) is 17.6 Å². The van der Waals surface area contributed by atoms with Crippen molar-refractivity contribution in [2.45, 2.75) is 12.8 Å². The third kappa shape index (κ3) is 4.07. The summed E-state index contributed by atoms with van der Waals surface area (Å²) in [6.45, 7) is -2.01. The molecule has 0 saturated carbocycles. The molecular weight excluding hydrogens is 275 g/mol. The van der Waals surface area contributed by atoms with Gasteiger partial charge in [0.25, 0.3) is 0 Å². The van der Waals surface area contributed by atoms with Crippen LogP contribution in [-0.4, -0.2) is 22.8 Å². The lowest BCUT2D eigenvalue weighted by Crippen LogP contribution is -2.17. The molecule has 0 amide bonds. The zero-order valence-corrected chi connectivity index (χ0v) is 9.00. The van der Waals surface area contributed by atoms with E-state index >= 15 is 0 Å². The van der Waals surface area contributed by atoms with Crippen LogP contribution in [0.5, 0.6) is 0 Å². The first-order valence-corrected chi connectivity index (χ1v) is 4.57. The molecular formula is C7H4Cl2F4N2O. The van der Waals surface area contributed by atoms with Crippen LogP contribution in [0, 0.1) is 5.82 Å². The Morgan fingerprint density at radius 1 is 1.12 bits per heavy atom. The molecule has 0 saturated heterocycles. The molecule has 0 bridgehead atoms. The van der Waals surface area contributed by atoms with E-state index in [1.54, 1.807) is 0 Å². The molecule has 0 atom stereocenters. The normalized spacial score (nSPS) is 11.9. The molecule has 0 fully saturated rings. The maximum atomic E-state index is 12.8. The molecule has 0 aliphatic heterocycles. The molecule has 0 aliphatic carbocycles. The fourth-order valence-corrected chi connectivity index (χ4v) is 1.18. The van der Waals surface area contributed by atoms with E-state index < -0.39 is 35.5 Å². The van der Waals surface area contributed by atoms with Crippen LogP contribution in [0.4, 0.5) is 17.6 Å². The van der Waals surface area contributed by atoms with Gasteiger partial charge in [-0.25, -0.2) is 14.4 Å². The fraction of sp³-hybridized carbons (Fsp3) is 0.429. The zero-order valence-electron chi connectivity index (χ0n) is 7.48. The van der Waals surface area contributed by atoms with Crippen LogP contribution in [-0.2, 0) is 11.3 Å². The van der Waals surface area contributed by atoms with E-state index in [2.05, 4.69) is 14.7 Å². The van der Waals surface area contributed by atoms with Crippen LogP contribution in [0.3, 0.4) is 0 Å². The van der Waals surface area contributed by atoms with Crippen molar-refractivity contribution in [2.24, 2.45) is 0 Å². The number of nitrogens with zero attached hydrogens (tertiary/aromatic N) is 2. The number of aromatic nitrogens is 2. The van der Waals surface area contributed by atoms with Crippen molar-refractivity contribution < 1.29 is 22.3 Å². The summed E-state index contributed by atoms with van der Waals surface area (Å²) in [6.07, 6.45) is -4.45. The number of ether oxygens (including phenoxy) is 1. The molecule has 90 valence electrons. The monoisotopic (exact) mass is 278 g/mol. The van der Waals surface area contributed by atoms with Crippen LogP contribution < -0.4 is 0 Å². The Morgan fingerprint density at radius 2 is 1.62 bits per heavy atom. The minimum atomic E-state index is -4.45. The second kappa shape index (κ2) is 5.11. The summed E-state index contributed by atoms with van der Waals surface area (Å²) < 4.78 is 52.2. The second-order valence-corrected chi connectivity index (χ2v) is 3.36. The van der Waals surface area contributed by atoms with Crippen molar-refractivity contribution in [1.82, 2.24) is 9.97 Å². The van der Waals surface area contributed by atoms with Crippen LogP contribution >= 0.6 is 23.2 Å². The van der Waals surface area contributed by atoms with E-state index in [-0.39, 0.29) is 5.82 Å². The lowest BCUT2D eigenvalue weighted by atomic mass is 10.5. The van der Waals surface area contributed by atoms with Crippen LogP contribution in [0.25, 0.3) is 0 Å². The largest absolute Gasteiger partial charge is 0.411 e. The van der Waals surface area contributed by atoms with Crippen LogP contribution in [0.1, 0.15) is 5.82 Å². The highest BCUT2D eigenvalue weighted by molar-refractivity contribution is 6.33. The fourth-order valence-electron chi connectivity index (χ4n) is 0.757. The van der Waals surface area contributed by atoms with Crippen molar-refractivity contribution in [3.8, 4) is 0 Å². The van der Waals surface area contributed by atoms with Gasteiger partial charge in [0, 0.05) is 0 Å². The van der Waals surface area contributed by atoms with E-state index in [0.717, 1.165) is 0 Å². The van der Waals surface area contributed by atoms with Crippen molar-refractivity contribution in [2.75, 3.05) is 6.61 Å². The summed E-state index contributed by atoms with van der Waals surface area (Å²) in [5.41, 5.74) is 0. The Bertz CT molecular complexity index is 362. The Hall–Kier alpha value is -0.660. The molecule has 0 unspecified atom stereocenters. The van der Waals surface area contributed by atoms with E-state index in [1.807, 2.05) is 0 Å². The van der Waals surface area contributed by atoms with Gasteiger partial charge in [0.1, 0.15) is 13.2 Å². The van der Waals surface area contributed by atoms with E-state index in [1.165, 1.54) is 0 Å². The lowest BCUT2D eigenvalue weighted by Gasteiger charge is -2.07. The Balaban J connectivity index is 2.62. The number of hydrogen-bond donors (Lipinski definition) is 0. The number of alkyl halides is 3. The van der Waals surface area contributed by atoms with Crippen molar-refractivity contribution in [3.63, 3.8) is 0 Å². The predicted molar refractivity (Wildman–Crippen MR) is 47.7 cm³/mol. The Labute approximate surface area is 97.3 Å². The first kappa shape index (κ1) is 13.4. The molecule has 1 rings (SSSR count). The van der Waals surface area contributed by atoms with Gasteiger partial charge in [0.15, 0.2) is 21.9 Å². The summed E-state index contributed by atoms with van der Waals surface area (Å²) >= 11 is 10.6. The van der Waals surface area contributed by atoms with Gasteiger partial charge < -0.3 is 4.74 Å². The molecule has 0 aliphatic rings. The number of halogens is 6. The van der Waals surface area contributed by atoms with Crippen molar-refractivity contribution >= 4 is 23.2 Å². The van der Waals surface area contributed by atoms with Gasteiger partial charge in [-0.15, -0.1) is 0 Å². The van der Waals surface area contributed by atoms with Gasteiger partial charge in [0.05, 0.1) is 0 Å². The van der Waals surface area contributed by atoms with Gasteiger partial charge in [-0.05, 0) is 0 Å². The molecule has 0 radical (unpaired) electrons. The lowest BCUT2D eigenvalue weighted by molar-refractivity contribution is -0.177. The molecule has 1 heterocycles. The second-order valence-electron chi connectivity index (χ2n) is 2.64. The van der Waals surface area contributed by atoms with Crippen LogP contribution in [0.15, 0.2) is 0 Å². The maximum absolute atomic E-state index is 12.8. The third-order valence-electron chi connectivity index (χ3n) is 1.31. The standard InChI is InChI=1S/C7H4Cl2F4N2O/c8-5-4(10)6(9)15-3(14-5)1-16-2-7(11,12)13/h1-2H2. The average molecular weight is 279 g/mol. The quantitative estimate of drug-likeness (QED) is 0.630. The van der Waals surface area contributed by atoms with Gasteiger partial charge in [0.2, 0.25) is 0 Å². The van der Waals surface area contributed by atoms with Gasteiger partial charge in [-0.2, -0.15) is 13.2 Å². The van der Waals surface area contributed by atoms with E-state index in [0.29, 0.717) is 0 Å². The Kier molecular flexibility index (Phi) is 4.28. The molecule has 3 nitrogen and oxygen atoms in total. The summed E-state index contributed by atoms with van der Waals surface area (Å²) in [5, 5.41) is -1.13. The van der Waals surface area contributed by atoms with Gasteiger partial charge in [-0.3, -0.25) is 0 Å². The summed E-state index contributed by atoms with van der Waals surface area (Å²) in [5.74, 6) is -1.25. The highest BCUT2D eigenvalue weighted by atomic mass is 35.5. The SMILES string of the molecule is Fc1c(Cl)nc(COCC(F)(F)F)nc1Cl. The molecule has 0 spiro atoms. The molecule has 0 N–H and O–H groups in total. The highest BCUT2D eigenvalue weighted by Crippen LogP contribution is 2.19. The first-order valence-electron chi connectivity index (χ1n) is 3.81. The molecule has 1 aromatic heterocycles. The molecule has 0 aromatic carbocycles. The average Bonchev–Trinajstić information content (AvgIpc) is 2.12. The number of hydrogen-bond acceptors (Lipinski definition) is 3. The van der Waals surface area contributed by atoms with Gasteiger partial charge in [-0.1, -0.05) is 23.2 Å². The van der Waals surface area contributed by atoms with Crippen molar-refractivity contribution in [3.05, 3.63) is 21.9 Å². The van der Waals surface area contributed by atoms with E-state index in [4.69, 9.17) is 23.2 Å². The smallest absolute Gasteiger partial charge is 0.364 e. The maximum Gasteiger partial charge on any atom is 0.411 e. The summed E-state index contributed by atoms with van der Waals surface area (Å²) in [6, 6.07) is 0. The van der Waals surface area contributed by atoms with Gasteiger partial charge >= 0.3 is 6.18 Å². The summed E-state index contributed by atoms with van der Waals surface area (Å²) in [7, 11) is 0. The first-order chi connectivity index (χ1) is 7.29. The minimum Gasteiger partial charge on any atom is -0.364 e. The third-order valence-corrected chi connectivity index (χ3v) is 1.81. The Morgan fingerprint density at radius 3 is 2.06 bits per heavy atom. The molecule has 16 heavy (non-hydrogen) atoms. The molecule has 1 aromatic rings. The van der Waals surface area contributed by atoms with Crippen molar-refractivity contribution in [1.29, 1.82) is 0 Å². The summed E-state index contributed by atoms with van der Waals surface area (Å²) in [4.78, 5) is 6.71. The predicted octanol–water partition coefficient (Wildman–Crippen LogP) is 3.00. The minimum absolute atomic E-state index is 0.222. The number of rotatable bonds is 3. The van der Waals surface area contributed by atoms with Crippen LogP contribution in [0.2, 0.25) is 10.3 Å². The highest BCUT2D eigenvalue weighted by Gasteiger charge is 2.27. The topological polar surface area (TPSA) is 35.0 Å². The molecule has 9 heteroatoms.